The predicted octanol–water partition coefficient (Wildman–Crippen LogP) is 2.25. The number of benzene rings is 2. The van der Waals surface area contributed by atoms with Crippen molar-refractivity contribution >= 4 is 11.7 Å². The maximum atomic E-state index is 13.5. The van der Waals surface area contributed by atoms with Crippen LogP contribution in [-0.2, 0) is 12.7 Å². The molecule has 0 radical (unpaired) electrons. The van der Waals surface area contributed by atoms with Crippen LogP contribution in [0.15, 0.2) is 67.6 Å². The minimum absolute atomic E-state index is 0.103. The normalized spacial score (nSPS) is 13.7. The zero-order valence-corrected chi connectivity index (χ0v) is 19.7. The first kappa shape index (κ1) is 24.8. The van der Waals surface area contributed by atoms with Gasteiger partial charge in [-0.25, -0.2) is 14.4 Å². The Bertz CT molecular complexity index is 1720. The Hall–Kier alpha value is -4.88. The van der Waals surface area contributed by atoms with Crippen LogP contribution < -0.4 is 27.2 Å². The quantitative estimate of drug-likeness (QED) is 0.408. The van der Waals surface area contributed by atoms with Gasteiger partial charge in [0.15, 0.2) is 5.82 Å². The molecule has 3 heterocycles. The first-order valence-electron chi connectivity index (χ1n) is 11.3. The van der Waals surface area contributed by atoms with E-state index in [9.17, 15) is 32.3 Å². The summed E-state index contributed by atoms with van der Waals surface area (Å²) in [6, 6.07) is 9.54. The molecule has 0 bridgehead atoms. The highest BCUT2D eigenvalue weighted by atomic mass is 19.4. The molecule has 38 heavy (non-hydrogen) atoms. The second-order valence-electron chi connectivity index (χ2n) is 8.52. The van der Waals surface area contributed by atoms with Crippen LogP contribution in [0.1, 0.15) is 16.7 Å². The molecule has 14 heteroatoms. The van der Waals surface area contributed by atoms with Crippen LogP contribution in [0.2, 0.25) is 0 Å². The maximum absolute atomic E-state index is 13.5. The van der Waals surface area contributed by atoms with Crippen molar-refractivity contribution in [1.29, 1.82) is 0 Å². The third-order valence-electron chi connectivity index (χ3n) is 6.24. The lowest BCUT2D eigenvalue weighted by Gasteiger charge is -2.17. The van der Waals surface area contributed by atoms with Crippen LogP contribution in [0.25, 0.3) is 17.1 Å². The van der Waals surface area contributed by atoms with Gasteiger partial charge >= 0.3 is 23.7 Å². The average molecular weight is 528 g/mol. The van der Waals surface area contributed by atoms with Crippen molar-refractivity contribution in [2.24, 2.45) is 0 Å². The molecular formula is C24H19F3N6O5. The van der Waals surface area contributed by atoms with Crippen molar-refractivity contribution in [3.63, 3.8) is 0 Å². The van der Waals surface area contributed by atoms with Gasteiger partial charge in [0.1, 0.15) is 5.56 Å². The van der Waals surface area contributed by atoms with Crippen LogP contribution in [0.5, 0.6) is 0 Å². The fraction of sp³-hybridized carbons (Fsp3) is 0.208. The van der Waals surface area contributed by atoms with E-state index < -0.39 is 35.3 Å². The first-order valence-corrected chi connectivity index (χ1v) is 11.3. The van der Waals surface area contributed by atoms with E-state index in [1.807, 2.05) is 0 Å². The summed E-state index contributed by atoms with van der Waals surface area (Å²) < 4.78 is 46.7. The van der Waals surface area contributed by atoms with Crippen LogP contribution in [0.4, 0.5) is 23.7 Å². The number of hydrogen-bond donors (Lipinski definition) is 2. The van der Waals surface area contributed by atoms with E-state index in [0.717, 1.165) is 21.4 Å². The molecule has 2 N–H and O–H groups in total. The Morgan fingerprint density at radius 3 is 2.34 bits per heavy atom. The maximum Gasteiger partial charge on any atom is 0.439 e. The lowest BCUT2D eigenvalue weighted by Crippen LogP contribution is -2.40. The van der Waals surface area contributed by atoms with Gasteiger partial charge in [-0.3, -0.25) is 28.3 Å². The number of aromatic amines is 1. The van der Waals surface area contributed by atoms with E-state index in [2.05, 4.69) is 20.0 Å². The van der Waals surface area contributed by atoms with Gasteiger partial charge in [-0.2, -0.15) is 13.2 Å². The van der Waals surface area contributed by atoms with Gasteiger partial charge in [0, 0.05) is 25.0 Å². The summed E-state index contributed by atoms with van der Waals surface area (Å²) in [4.78, 5) is 54.1. The van der Waals surface area contributed by atoms with Crippen LogP contribution >= 0.6 is 0 Å². The third kappa shape index (κ3) is 4.40. The number of hydrogen-bond acceptors (Lipinski definition) is 6. The largest absolute Gasteiger partial charge is 0.439 e. The molecule has 0 unspecified atom stereocenters. The lowest BCUT2D eigenvalue weighted by molar-refractivity contribution is -0.138. The smallest absolute Gasteiger partial charge is 0.336 e. The van der Waals surface area contributed by atoms with Gasteiger partial charge < -0.3 is 5.32 Å². The molecule has 5 rings (SSSR count). The Morgan fingerprint density at radius 1 is 1.03 bits per heavy atom. The second-order valence-corrected chi connectivity index (χ2v) is 8.52. The number of rotatable bonds is 5. The molecule has 0 aliphatic carbocycles. The second kappa shape index (κ2) is 9.21. The Morgan fingerprint density at radius 2 is 1.74 bits per heavy atom. The molecule has 1 aliphatic heterocycles. The average Bonchev–Trinajstić information content (AvgIpc) is 3.50. The van der Waals surface area contributed by atoms with Crippen LogP contribution in [-0.4, -0.2) is 38.4 Å². The molecule has 11 nitrogen and oxygen atoms in total. The van der Waals surface area contributed by atoms with Crippen molar-refractivity contribution in [2.45, 2.75) is 19.6 Å². The van der Waals surface area contributed by atoms with Gasteiger partial charge in [-0.1, -0.05) is 17.3 Å². The number of aromatic nitrogens is 4. The summed E-state index contributed by atoms with van der Waals surface area (Å²) in [7, 11) is 0. The van der Waals surface area contributed by atoms with E-state index in [-0.39, 0.29) is 28.5 Å². The number of amides is 2. The summed E-state index contributed by atoms with van der Waals surface area (Å²) >= 11 is 0. The number of carbonyl (C=O) groups excluding carboxylic acids is 1. The molecule has 1 saturated heterocycles. The number of alkyl halides is 3. The molecule has 196 valence electrons. The van der Waals surface area contributed by atoms with Gasteiger partial charge in [0.2, 0.25) is 0 Å². The van der Waals surface area contributed by atoms with E-state index >= 15 is 0 Å². The van der Waals surface area contributed by atoms with Gasteiger partial charge in [0.05, 0.1) is 17.8 Å². The fourth-order valence-electron chi connectivity index (χ4n) is 4.28. The van der Waals surface area contributed by atoms with E-state index in [0.29, 0.717) is 24.5 Å². The van der Waals surface area contributed by atoms with Gasteiger partial charge in [-0.05, 0) is 48.4 Å². The Balaban J connectivity index is 1.65. The summed E-state index contributed by atoms with van der Waals surface area (Å²) in [5.41, 5.74) is -2.00. The molecule has 0 spiro atoms. The Labute approximate surface area is 210 Å². The highest BCUT2D eigenvalue weighted by Gasteiger charge is 2.33. The minimum atomic E-state index is -4.62. The number of urea groups is 1. The minimum Gasteiger partial charge on any atom is -0.336 e. The SMILES string of the molecule is Cc1c(Cn2c(=O)c(-c3noc(=O)[nH]3)cn(-c3ccc(N4CCNC4=O)cc3)c2=O)cccc1C(F)(F)F. The summed E-state index contributed by atoms with van der Waals surface area (Å²) in [6.07, 6.45) is -3.47. The number of H-pyrrole nitrogens is 1. The molecule has 2 aromatic heterocycles. The highest BCUT2D eigenvalue weighted by molar-refractivity contribution is 5.94. The van der Waals surface area contributed by atoms with Crippen LogP contribution in [0.3, 0.4) is 0 Å². The Kier molecular flexibility index (Phi) is 6.01. The number of halogens is 3. The summed E-state index contributed by atoms with van der Waals surface area (Å²) in [5, 5.41) is 6.21. The fourth-order valence-corrected chi connectivity index (χ4v) is 4.28. The molecule has 0 atom stereocenters. The standard InChI is InChI=1S/C24H19F3N6O5/c1-13-14(3-2-4-18(13)24(25,26)27)11-33-20(34)17(19-29-22(36)38-30-19)12-32(23(33)37)16-7-5-15(6-8-16)31-10-9-28-21(31)35/h2-8,12H,9-11H2,1H3,(H,28,35)(H,29,30,36). The molecule has 4 aromatic rings. The van der Waals surface area contributed by atoms with Crippen molar-refractivity contribution in [1.82, 2.24) is 24.6 Å². The third-order valence-corrected chi connectivity index (χ3v) is 6.24. The zero-order chi connectivity index (χ0) is 27.2. The molecule has 2 aromatic carbocycles. The van der Waals surface area contributed by atoms with E-state index in [4.69, 9.17) is 0 Å². The summed E-state index contributed by atoms with van der Waals surface area (Å²) in [6.45, 7) is 1.73. The van der Waals surface area contributed by atoms with Crippen LogP contribution in [0, 0.1) is 6.92 Å². The zero-order valence-electron chi connectivity index (χ0n) is 19.7. The molecule has 1 aliphatic rings. The number of anilines is 1. The molecule has 0 saturated carbocycles. The van der Waals surface area contributed by atoms with Gasteiger partial charge in [0.25, 0.3) is 5.56 Å². The lowest BCUT2D eigenvalue weighted by atomic mass is 10.0. The summed E-state index contributed by atoms with van der Waals surface area (Å²) in [5.74, 6) is -1.20. The van der Waals surface area contributed by atoms with Crippen molar-refractivity contribution in [3.8, 4) is 17.1 Å². The topological polar surface area (TPSA) is 135 Å². The molecule has 2 amide bonds. The number of carbonyl (C=O) groups is 1. The first-order chi connectivity index (χ1) is 18.0. The number of nitrogens with one attached hydrogen (secondary N) is 2. The number of nitrogens with zero attached hydrogens (tertiary/aromatic N) is 4. The van der Waals surface area contributed by atoms with Gasteiger partial charge in [-0.15, -0.1) is 0 Å². The molecular weight excluding hydrogens is 509 g/mol. The monoisotopic (exact) mass is 528 g/mol. The van der Waals surface area contributed by atoms with Crippen molar-refractivity contribution < 1.29 is 22.5 Å². The predicted molar refractivity (Wildman–Crippen MR) is 128 cm³/mol. The van der Waals surface area contributed by atoms with Crippen molar-refractivity contribution in [3.05, 3.63) is 96.7 Å². The highest BCUT2D eigenvalue weighted by Crippen LogP contribution is 2.33. The van der Waals surface area contributed by atoms with E-state index in [1.54, 1.807) is 24.3 Å². The molecule has 1 fully saturated rings. The van der Waals surface area contributed by atoms with E-state index in [1.165, 1.54) is 24.0 Å². The van der Waals surface area contributed by atoms with Crippen molar-refractivity contribution in [2.75, 3.05) is 18.0 Å².